The van der Waals surface area contributed by atoms with Crippen molar-refractivity contribution < 1.29 is 19.4 Å². The third-order valence-electron chi connectivity index (χ3n) is 6.45. The van der Waals surface area contributed by atoms with Crippen LogP contribution in [-0.4, -0.2) is 40.3 Å². The number of halogens is 2. The van der Waals surface area contributed by atoms with Crippen molar-refractivity contribution in [2.45, 2.75) is 12.5 Å². The van der Waals surface area contributed by atoms with Crippen LogP contribution in [0.3, 0.4) is 0 Å². The van der Waals surface area contributed by atoms with Gasteiger partial charge < -0.3 is 19.7 Å². The van der Waals surface area contributed by atoms with E-state index in [1.807, 2.05) is 24.4 Å². The first-order valence-electron chi connectivity index (χ1n) is 11.3. The average Bonchev–Trinajstić information content (AvgIpc) is 3.40. The third-order valence-corrected chi connectivity index (χ3v) is 7.05. The van der Waals surface area contributed by atoms with Crippen LogP contribution in [0.4, 0.5) is 0 Å². The number of hydrogen-bond acceptors (Lipinski definition) is 4. The summed E-state index contributed by atoms with van der Waals surface area (Å²) in [6.07, 6.45) is 2.36. The van der Waals surface area contributed by atoms with Gasteiger partial charge in [0.05, 0.1) is 18.7 Å². The fraction of sp³-hybridized carbons (Fsp3) is 0.143. The number of ketones is 1. The highest BCUT2D eigenvalue weighted by Gasteiger charge is 2.46. The molecule has 0 spiro atoms. The first-order valence-corrected chi connectivity index (χ1v) is 12.1. The van der Waals surface area contributed by atoms with E-state index in [2.05, 4.69) is 4.98 Å². The van der Waals surface area contributed by atoms with Crippen molar-refractivity contribution >= 4 is 51.6 Å². The van der Waals surface area contributed by atoms with Crippen molar-refractivity contribution in [1.82, 2.24) is 9.88 Å². The highest BCUT2D eigenvalue weighted by Crippen LogP contribution is 2.42. The van der Waals surface area contributed by atoms with Crippen LogP contribution >= 0.6 is 23.2 Å². The lowest BCUT2D eigenvalue weighted by Crippen LogP contribution is -2.31. The van der Waals surface area contributed by atoms with E-state index in [1.165, 1.54) is 4.90 Å². The number of benzene rings is 3. The van der Waals surface area contributed by atoms with E-state index in [0.717, 1.165) is 22.2 Å². The predicted octanol–water partition coefficient (Wildman–Crippen LogP) is 6.15. The normalized spacial score (nSPS) is 17.2. The van der Waals surface area contributed by atoms with Gasteiger partial charge in [-0.2, -0.15) is 0 Å². The SMILES string of the molecule is COc1ccc2[nH]cc(CCN3C(=O)C(=O)C(=C(O)c4ccc(Cl)cc4)[C@H]3c3ccccc3Cl)c2c1. The smallest absolute Gasteiger partial charge is 0.295 e. The molecule has 0 aliphatic carbocycles. The molecule has 182 valence electrons. The number of carbonyl (C=O) groups excluding carboxylic acids is 2. The van der Waals surface area contributed by atoms with Crippen LogP contribution in [0.25, 0.3) is 16.7 Å². The number of aliphatic hydroxyl groups excluding tert-OH is 1. The van der Waals surface area contributed by atoms with Crippen molar-refractivity contribution in [2.75, 3.05) is 13.7 Å². The van der Waals surface area contributed by atoms with Gasteiger partial charge in [-0.25, -0.2) is 0 Å². The molecule has 1 saturated heterocycles. The molecule has 36 heavy (non-hydrogen) atoms. The molecular formula is C28H22Cl2N2O4. The number of nitrogens with zero attached hydrogens (tertiary/aromatic N) is 1. The number of amides is 1. The number of rotatable bonds is 6. The van der Waals surface area contributed by atoms with Crippen LogP contribution in [0.1, 0.15) is 22.7 Å². The van der Waals surface area contributed by atoms with Gasteiger partial charge in [0.15, 0.2) is 0 Å². The fourth-order valence-corrected chi connectivity index (χ4v) is 4.99. The van der Waals surface area contributed by atoms with E-state index < -0.39 is 17.7 Å². The molecule has 1 aromatic heterocycles. The Morgan fingerprint density at radius 1 is 1.06 bits per heavy atom. The maximum atomic E-state index is 13.3. The maximum absolute atomic E-state index is 13.3. The highest BCUT2D eigenvalue weighted by atomic mass is 35.5. The lowest BCUT2D eigenvalue weighted by Gasteiger charge is -2.26. The Kier molecular flexibility index (Phi) is 6.48. The minimum absolute atomic E-state index is 0.00369. The second-order valence-corrected chi connectivity index (χ2v) is 9.34. The zero-order chi connectivity index (χ0) is 25.4. The third kappa shape index (κ3) is 4.23. The predicted molar refractivity (Wildman–Crippen MR) is 140 cm³/mol. The Morgan fingerprint density at radius 2 is 1.81 bits per heavy atom. The van der Waals surface area contributed by atoms with Crippen LogP contribution in [0.2, 0.25) is 10.0 Å². The van der Waals surface area contributed by atoms with Crippen molar-refractivity contribution in [1.29, 1.82) is 0 Å². The summed E-state index contributed by atoms with van der Waals surface area (Å²) in [5.41, 5.74) is 2.86. The molecule has 1 aliphatic heterocycles. The Labute approximate surface area is 217 Å². The molecule has 4 aromatic rings. The van der Waals surface area contributed by atoms with Gasteiger partial charge in [0.1, 0.15) is 11.5 Å². The van der Waals surface area contributed by atoms with Crippen LogP contribution < -0.4 is 4.74 Å². The highest BCUT2D eigenvalue weighted by molar-refractivity contribution is 6.47. The second kappa shape index (κ2) is 9.72. The number of methoxy groups -OCH3 is 1. The summed E-state index contributed by atoms with van der Waals surface area (Å²) < 4.78 is 5.35. The number of H-pyrrole nitrogens is 1. The van der Waals surface area contributed by atoms with E-state index >= 15 is 0 Å². The first kappa shape index (κ1) is 24.0. The van der Waals surface area contributed by atoms with Gasteiger partial charge in [-0.05, 0) is 66.1 Å². The van der Waals surface area contributed by atoms with E-state index in [4.69, 9.17) is 27.9 Å². The monoisotopic (exact) mass is 520 g/mol. The van der Waals surface area contributed by atoms with Gasteiger partial charge in [-0.1, -0.05) is 41.4 Å². The molecule has 2 heterocycles. The molecule has 1 fully saturated rings. The molecule has 2 N–H and O–H groups in total. The van der Waals surface area contributed by atoms with Crippen molar-refractivity contribution in [3.05, 3.63) is 105 Å². The summed E-state index contributed by atoms with van der Waals surface area (Å²) >= 11 is 12.5. The van der Waals surface area contributed by atoms with Crippen LogP contribution in [0.5, 0.6) is 5.75 Å². The Balaban J connectivity index is 1.56. The van der Waals surface area contributed by atoms with Gasteiger partial charge in [-0.3, -0.25) is 9.59 Å². The van der Waals surface area contributed by atoms with E-state index in [-0.39, 0.29) is 17.9 Å². The van der Waals surface area contributed by atoms with E-state index in [0.29, 0.717) is 27.6 Å². The Hall–Kier alpha value is -3.74. The summed E-state index contributed by atoms with van der Waals surface area (Å²) in [5.74, 6) is -0.988. The summed E-state index contributed by atoms with van der Waals surface area (Å²) in [4.78, 5) is 31.2. The maximum Gasteiger partial charge on any atom is 0.295 e. The van der Waals surface area contributed by atoms with Crippen molar-refractivity contribution in [3.63, 3.8) is 0 Å². The number of hydrogen-bond donors (Lipinski definition) is 2. The second-order valence-electron chi connectivity index (χ2n) is 8.50. The number of Topliss-reactive ketones (excluding diaryl/α,β-unsaturated/α-hetero) is 1. The zero-order valence-corrected chi connectivity index (χ0v) is 20.8. The molecule has 8 heteroatoms. The number of fused-ring (bicyclic) bond motifs is 1. The van der Waals surface area contributed by atoms with Crippen molar-refractivity contribution in [3.8, 4) is 5.75 Å². The Morgan fingerprint density at radius 3 is 2.53 bits per heavy atom. The molecular weight excluding hydrogens is 499 g/mol. The van der Waals surface area contributed by atoms with Gasteiger partial charge in [0, 0.05) is 39.3 Å². The molecule has 3 aromatic carbocycles. The fourth-order valence-electron chi connectivity index (χ4n) is 4.63. The number of nitrogens with one attached hydrogen (secondary N) is 1. The molecule has 1 aliphatic rings. The molecule has 1 amide bonds. The lowest BCUT2D eigenvalue weighted by atomic mass is 9.95. The van der Waals surface area contributed by atoms with E-state index in [9.17, 15) is 14.7 Å². The number of aromatic nitrogens is 1. The van der Waals surface area contributed by atoms with Gasteiger partial charge in [-0.15, -0.1) is 0 Å². The van der Waals surface area contributed by atoms with Crippen LogP contribution in [-0.2, 0) is 16.0 Å². The molecule has 0 radical (unpaired) electrons. The number of likely N-dealkylation sites (tertiary alicyclic amines) is 1. The minimum atomic E-state index is -0.839. The van der Waals surface area contributed by atoms with Gasteiger partial charge >= 0.3 is 0 Å². The largest absolute Gasteiger partial charge is 0.507 e. The zero-order valence-electron chi connectivity index (χ0n) is 19.3. The first-order chi connectivity index (χ1) is 17.4. The number of aliphatic hydroxyl groups is 1. The number of aromatic amines is 1. The molecule has 0 saturated carbocycles. The van der Waals surface area contributed by atoms with Crippen molar-refractivity contribution in [2.24, 2.45) is 0 Å². The molecule has 6 nitrogen and oxygen atoms in total. The average molecular weight is 521 g/mol. The molecule has 0 unspecified atom stereocenters. The van der Waals surface area contributed by atoms with Crippen LogP contribution in [0, 0.1) is 0 Å². The summed E-state index contributed by atoms with van der Waals surface area (Å²) in [6.45, 7) is 0.238. The van der Waals surface area contributed by atoms with Gasteiger partial charge in [0.25, 0.3) is 11.7 Å². The summed E-state index contributed by atoms with van der Waals surface area (Å²) in [5, 5.41) is 13.0. The van der Waals surface area contributed by atoms with E-state index in [1.54, 1.807) is 55.6 Å². The lowest BCUT2D eigenvalue weighted by molar-refractivity contribution is -0.139. The molecule has 1 atom stereocenters. The topological polar surface area (TPSA) is 82.6 Å². The molecule has 0 bridgehead atoms. The number of carbonyl (C=O) groups is 2. The van der Waals surface area contributed by atoms with Gasteiger partial charge in [0.2, 0.25) is 0 Å². The van der Waals surface area contributed by atoms with Crippen LogP contribution in [0.15, 0.2) is 78.5 Å². The quantitative estimate of drug-likeness (QED) is 0.181. The minimum Gasteiger partial charge on any atom is -0.507 e. The standard InChI is InChI=1S/C28H22Cl2N2O4/c1-36-19-10-11-23-21(14-19)17(15-31-23)12-13-32-25(20-4-2-3-5-22(20)30)24(27(34)28(32)35)26(33)16-6-8-18(29)9-7-16/h2-11,14-15,25,31,33H,12-13H2,1H3/t25-/m1/s1. The number of ether oxygens (including phenoxy) is 1. The summed E-state index contributed by atoms with van der Waals surface area (Å²) in [7, 11) is 1.61. The molecule has 5 rings (SSSR count). The summed E-state index contributed by atoms with van der Waals surface area (Å²) in [6, 6.07) is 18.4. The Bertz CT molecular complexity index is 1510.